The predicted molar refractivity (Wildman–Crippen MR) is 119 cm³/mol. The van der Waals surface area contributed by atoms with Crippen molar-refractivity contribution < 1.29 is 19.1 Å². The molecule has 7 nitrogen and oxygen atoms in total. The molecule has 0 bridgehead atoms. The molecule has 31 heavy (non-hydrogen) atoms. The summed E-state index contributed by atoms with van der Waals surface area (Å²) < 4.78 is 12.4. The van der Waals surface area contributed by atoms with Gasteiger partial charge in [0.1, 0.15) is 11.3 Å². The van der Waals surface area contributed by atoms with Crippen molar-refractivity contribution in [2.75, 3.05) is 18.5 Å². The zero-order valence-corrected chi connectivity index (χ0v) is 18.2. The monoisotopic (exact) mass is 421 g/mol. The molecule has 0 saturated heterocycles. The maximum absolute atomic E-state index is 12.7. The molecule has 3 rings (SSSR count). The van der Waals surface area contributed by atoms with Crippen LogP contribution in [0.15, 0.2) is 54.7 Å². The Morgan fingerprint density at radius 3 is 2.55 bits per heavy atom. The lowest BCUT2D eigenvalue weighted by Crippen LogP contribution is -2.23. The van der Waals surface area contributed by atoms with Gasteiger partial charge in [0, 0.05) is 0 Å². The van der Waals surface area contributed by atoms with Crippen LogP contribution in [0.1, 0.15) is 48.2 Å². The molecule has 3 aromatic rings. The molecular formula is C24H27N3O4. The Labute approximate surface area is 182 Å². The fourth-order valence-electron chi connectivity index (χ4n) is 3.15. The van der Waals surface area contributed by atoms with Crippen molar-refractivity contribution in [2.24, 2.45) is 0 Å². The number of carbonyl (C=O) groups excluding carboxylic acids is 2. The zero-order valence-electron chi connectivity index (χ0n) is 18.2. The number of nitrogens with one attached hydrogen (secondary N) is 1. The minimum absolute atomic E-state index is 0.178. The number of rotatable bonds is 8. The Bertz CT molecular complexity index is 1060. The van der Waals surface area contributed by atoms with E-state index in [4.69, 9.17) is 9.47 Å². The molecule has 162 valence electrons. The largest absolute Gasteiger partial charge is 0.483 e. The highest BCUT2D eigenvalue weighted by molar-refractivity contribution is 6.01. The Morgan fingerprint density at radius 2 is 1.87 bits per heavy atom. The van der Waals surface area contributed by atoms with E-state index in [9.17, 15) is 9.59 Å². The van der Waals surface area contributed by atoms with Crippen LogP contribution in [0.3, 0.4) is 0 Å². The van der Waals surface area contributed by atoms with Crippen LogP contribution in [0, 0.1) is 6.92 Å². The third-order valence-electron chi connectivity index (χ3n) is 4.67. The molecule has 2 aromatic carbocycles. The van der Waals surface area contributed by atoms with Crippen LogP contribution in [0.2, 0.25) is 0 Å². The summed E-state index contributed by atoms with van der Waals surface area (Å²) in [5, 5.41) is 7.04. The molecule has 0 atom stereocenters. The van der Waals surface area contributed by atoms with Gasteiger partial charge in [0.15, 0.2) is 12.4 Å². The van der Waals surface area contributed by atoms with E-state index >= 15 is 0 Å². The summed E-state index contributed by atoms with van der Waals surface area (Å²) in [5.74, 6) is 0.216. The summed E-state index contributed by atoms with van der Waals surface area (Å²) in [4.78, 5) is 25.1. The third kappa shape index (κ3) is 5.31. The number of aromatic nitrogens is 2. The fraction of sp³-hybridized carbons (Fsp3) is 0.292. The normalized spacial score (nSPS) is 10.7. The lowest BCUT2D eigenvalue weighted by molar-refractivity contribution is -0.118. The first-order chi connectivity index (χ1) is 14.9. The number of para-hydroxylation sites is 1. The van der Waals surface area contributed by atoms with Crippen molar-refractivity contribution in [2.45, 2.75) is 33.6 Å². The van der Waals surface area contributed by atoms with E-state index in [1.54, 1.807) is 6.92 Å². The number of amides is 1. The highest BCUT2D eigenvalue weighted by Crippen LogP contribution is 2.27. The van der Waals surface area contributed by atoms with E-state index in [-0.39, 0.29) is 30.5 Å². The van der Waals surface area contributed by atoms with E-state index in [0.29, 0.717) is 11.4 Å². The molecule has 0 aliphatic heterocycles. The second kappa shape index (κ2) is 9.93. The van der Waals surface area contributed by atoms with Gasteiger partial charge in [0.2, 0.25) is 0 Å². The van der Waals surface area contributed by atoms with E-state index in [0.717, 1.165) is 11.1 Å². The van der Waals surface area contributed by atoms with Gasteiger partial charge < -0.3 is 14.8 Å². The summed E-state index contributed by atoms with van der Waals surface area (Å²) in [5.41, 5.74) is 2.96. The van der Waals surface area contributed by atoms with Gasteiger partial charge in [-0.15, -0.1) is 0 Å². The second-order valence-corrected chi connectivity index (χ2v) is 7.41. The molecule has 1 heterocycles. The first kappa shape index (κ1) is 22.1. The molecule has 0 aliphatic carbocycles. The van der Waals surface area contributed by atoms with Crippen LogP contribution in [0.4, 0.5) is 5.82 Å². The van der Waals surface area contributed by atoms with Crippen LogP contribution < -0.4 is 10.1 Å². The van der Waals surface area contributed by atoms with Gasteiger partial charge in [-0.25, -0.2) is 9.48 Å². The van der Waals surface area contributed by atoms with Gasteiger partial charge in [-0.1, -0.05) is 44.2 Å². The number of anilines is 1. The summed E-state index contributed by atoms with van der Waals surface area (Å²) in [6.45, 7) is 7.85. The van der Waals surface area contributed by atoms with E-state index in [1.165, 1.54) is 10.9 Å². The molecule has 1 aromatic heterocycles. The number of benzene rings is 2. The summed E-state index contributed by atoms with van der Waals surface area (Å²) in [6, 6.07) is 15.2. The summed E-state index contributed by atoms with van der Waals surface area (Å²) in [6.07, 6.45) is 1.39. The van der Waals surface area contributed by atoms with Gasteiger partial charge in [0.05, 0.1) is 18.5 Å². The van der Waals surface area contributed by atoms with Crippen molar-refractivity contribution >= 4 is 17.7 Å². The smallest absolute Gasteiger partial charge is 0.343 e. The first-order valence-electron chi connectivity index (χ1n) is 10.2. The van der Waals surface area contributed by atoms with Crippen LogP contribution in [0.25, 0.3) is 5.69 Å². The van der Waals surface area contributed by atoms with E-state index < -0.39 is 11.9 Å². The zero-order chi connectivity index (χ0) is 22.4. The Balaban J connectivity index is 1.83. The SMILES string of the molecule is CCOC(=O)c1cnn(-c2ccccc2)c1NC(=O)COc1cc(C)ccc1C(C)C. The van der Waals surface area contributed by atoms with Gasteiger partial charge in [0.25, 0.3) is 5.91 Å². The van der Waals surface area contributed by atoms with Crippen molar-refractivity contribution in [3.05, 3.63) is 71.4 Å². The third-order valence-corrected chi connectivity index (χ3v) is 4.67. The van der Waals surface area contributed by atoms with Gasteiger partial charge >= 0.3 is 5.97 Å². The number of esters is 1. The van der Waals surface area contributed by atoms with Crippen LogP contribution in [-0.2, 0) is 9.53 Å². The topological polar surface area (TPSA) is 82.5 Å². The summed E-state index contributed by atoms with van der Waals surface area (Å²) >= 11 is 0. The Morgan fingerprint density at radius 1 is 1.13 bits per heavy atom. The van der Waals surface area contributed by atoms with Gasteiger partial charge in [-0.3, -0.25) is 4.79 Å². The van der Waals surface area contributed by atoms with Crippen LogP contribution >= 0.6 is 0 Å². The van der Waals surface area contributed by atoms with Crippen molar-refractivity contribution in [1.29, 1.82) is 0 Å². The molecular weight excluding hydrogens is 394 g/mol. The van der Waals surface area contributed by atoms with Crippen molar-refractivity contribution in [3.8, 4) is 11.4 Å². The molecule has 0 unspecified atom stereocenters. The molecule has 0 radical (unpaired) electrons. The Hall–Kier alpha value is -3.61. The minimum Gasteiger partial charge on any atom is -0.483 e. The quantitative estimate of drug-likeness (QED) is 0.542. The van der Waals surface area contributed by atoms with Crippen molar-refractivity contribution in [3.63, 3.8) is 0 Å². The maximum atomic E-state index is 12.7. The maximum Gasteiger partial charge on any atom is 0.343 e. The number of carbonyl (C=O) groups is 2. The average Bonchev–Trinajstić information content (AvgIpc) is 3.16. The number of ether oxygens (including phenoxy) is 2. The molecule has 0 aliphatic rings. The first-order valence-corrected chi connectivity index (χ1v) is 10.2. The number of hydrogen-bond donors (Lipinski definition) is 1. The molecule has 0 fully saturated rings. The molecule has 1 amide bonds. The molecule has 0 spiro atoms. The lowest BCUT2D eigenvalue weighted by Gasteiger charge is -2.15. The number of aryl methyl sites for hydroxylation is 1. The molecule has 1 N–H and O–H groups in total. The van der Waals surface area contributed by atoms with Gasteiger partial charge in [-0.2, -0.15) is 5.10 Å². The molecule has 0 saturated carbocycles. The van der Waals surface area contributed by atoms with E-state index in [2.05, 4.69) is 24.3 Å². The minimum atomic E-state index is -0.554. The lowest BCUT2D eigenvalue weighted by atomic mass is 10.0. The number of hydrogen-bond acceptors (Lipinski definition) is 5. The predicted octanol–water partition coefficient (Wildman–Crippen LogP) is 4.50. The highest BCUT2D eigenvalue weighted by Gasteiger charge is 2.22. The van der Waals surface area contributed by atoms with Gasteiger partial charge in [-0.05, 0) is 49.1 Å². The highest BCUT2D eigenvalue weighted by atomic mass is 16.5. The number of nitrogens with zero attached hydrogens (tertiary/aromatic N) is 2. The fourth-order valence-corrected chi connectivity index (χ4v) is 3.15. The second-order valence-electron chi connectivity index (χ2n) is 7.41. The Kier molecular flexibility index (Phi) is 7.07. The van der Waals surface area contributed by atoms with Crippen LogP contribution in [0.5, 0.6) is 5.75 Å². The average molecular weight is 421 g/mol. The molecule has 7 heteroatoms. The van der Waals surface area contributed by atoms with Crippen LogP contribution in [-0.4, -0.2) is 34.9 Å². The van der Waals surface area contributed by atoms with E-state index in [1.807, 2.05) is 55.5 Å². The van der Waals surface area contributed by atoms with Crippen molar-refractivity contribution in [1.82, 2.24) is 9.78 Å². The standard InChI is InChI=1S/C24H27N3O4/c1-5-30-24(29)20-14-25-27(18-9-7-6-8-10-18)23(20)26-22(28)15-31-21-13-17(4)11-12-19(21)16(2)3/h6-14,16H,5,15H2,1-4H3,(H,26,28). The summed E-state index contributed by atoms with van der Waals surface area (Å²) in [7, 11) is 0.